The highest BCUT2D eigenvalue weighted by molar-refractivity contribution is 7.89. The number of benzene rings is 1. The van der Waals surface area contributed by atoms with Gasteiger partial charge in [0.1, 0.15) is 0 Å². The summed E-state index contributed by atoms with van der Waals surface area (Å²) in [5.74, 6) is 0.0507. The lowest BCUT2D eigenvalue weighted by molar-refractivity contribution is 0.0993. The third-order valence-electron chi connectivity index (χ3n) is 6.35. The molecule has 1 aliphatic carbocycles. The predicted molar refractivity (Wildman–Crippen MR) is 115 cm³/mol. The second-order valence-electron chi connectivity index (χ2n) is 8.23. The number of thiophene rings is 1. The lowest BCUT2D eigenvalue weighted by atomic mass is 9.99. The number of piperidine rings is 1. The quantitative estimate of drug-likeness (QED) is 0.739. The van der Waals surface area contributed by atoms with Crippen molar-refractivity contribution in [1.29, 1.82) is 0 Å². The Morgan fingerprint density at radius 3 is 2.45 bits per heavy atom. The molecule has 0 unspecified atom stereocenters. The Bertz CT molecular complexity index is 1030. The molecule has 5 nitrogen and oxygen atoms in total. The molecule has 1 aromatic carbocycles. The lowest BCUT2D eigenvalue weighted by Crippen LogP contribution is -2.35. The Morgan fingerprint density at radius 1 is 0.862 bits per heavy atom. The van der Waals surface area contributed by atoms with Crippen molar-refractivity contribution in [2.75, 3.05) is 24.5 Å². The van der Waals surface area contributed by atoms with Gasteiger partial charge in [0.05, 0.1) is 9.77 Å². The summed E-state index contributed by atoms with van der Waals surface area (Å²) in [6.07, 6.45) is 8.23. The van der Waals surface area contributed by atoms with Gasteiger partial charge in [0, 0.05) is 30.2 Å². The summed E-state index contributed by atoms with van der Waals surface area (Å²) < 4.78 is 27.6. The van der Waals surface area contributed by atoms with Crippen molar-refractivity contribution in [2.24, 2.45) is 0 Å². The van der Waals surface area contributed by atoms with Gasteiger partial charge in [-0.3, -0.25) is 4.79 Å². The smallest absolute Gasteiger partial charge is 0.268 e. The maximum Gasteiger partial charge on any atom is 0.268 e. The molecular formula is C22H26N2O3S2. The highest BCUT2D eigenvalue weighted by Gasteiger charge is 2.31. The van der Waals surface area contributed by atoms with E-state index in [1.165, 1.54) is 23.3 Å². The molecule has 0 atom stereocenters. The third-order valence-corrected chi connectivity index (χ3v) is 9.47. The second kappa shape index (κ2) is 7.52. The molecular weight excluding hydrogens is 404 g/mol. The van der Waals surface area contributed by atoms with Gasteiger partial charge in [-0.2, -0.15) is 4.31 Å². The Hall–Kier alpha value is -1.70. The van der Waals surface area contributed by atoms with Crippen LogP contribution in [-0.2, 0) is 29.3 Å². The van der Waals surface area contributed by atoms with Crippen LogP contribution in [0.1, 0.15) is 57.8 Å². The highest BCUT2D eigenvalue weighted by atomic mass is 32.2. The summed E-state index contributed by atoms with van der Waals surface area (Å²) in [6, 6.07) is 7.36. The molecule has 0 spiro atoms. The number of anilines is 1. The van der Waals surface area contributed by atoms with Gasteiger partial charge in [0.2, 0.25) is 10.0 Å². The van der Waals surface area contributed by atoms with Crippen LogP contribution < -0.4 is 4.90 Å². The maximum absolute atomic E-state index is 13.2. The molecule has 154 valence electrons. The number of rotatable bonds is 3. The molecule has 0 radical (unpaired) electrons. The van der Waals surface area contributed by atoms with E-state index >= 15 is 0 Å². The van der Waals surface area contributed by atoms with Crippen LogP contribution in [0.25, 0.3) is 0 Å². The van der Waals surface area contributed by atoms with Gasteiger partial charge in [-0.05, 0) is 80.3 Å². The molecule has 5 rings (SSSR count). The largest absolute Gasteiger partial charge is 0.307 e. The fraction of sp³-hybridized carbons (Fsp3) is 0.500. The molecule has 0 bridgehead atoms. The van der Waals surface area contributed by atoms with Crippen molar-refractivity contribution in [3.8, 4) is 0 Å². The molecule has 0 saturated carbocycles. The van der Waals surface area contributed by atoms with Gasteiger partial charge in [-0.1, -0.05) is 6.42 Å². The SMILES string of the molecule is O=C(c1cc2c(s1)CCCC2)N1CCc2cc(S(=O)(=O)N3CCCCC3)ccc21. The zero-order valence-electron chi connectivity index (χ0n) is 16.5. The van der Waals surface area contributed by atoms with Gasteiger partial charge < -0.3 is 4.90 Å². The molecule has 1 saturated heterocycles. The van der Waals surface area contributed by atoms with Crippen LogP contribution in [0.3, 0.4) is 0 Å². The van der Waals surface area contributed by atoms with E-state index in [2.05, 4.69) is 6.07 Å². The van der Waals surface area contributed by atoms with Crippen molar-refractivity contribution in [2.45, 2.75) is 56.3 Å². The van der Waals surface area contributed by atoms with E-state index in [-0.39, 0.29) is 5.91 Å². The zero-order valence-corrected chi connectivity index (χ0v) is 18.2. The number of sulfonamides is 1. The van der Waals surface area contributed by atoms with Crippen LogP contribution in [0.2, 0.25) is 0 Å². The van der Waals surface area contributed by atoms with E-state index in [1.54, 1.807) is 27.8 Å². The Kier molecular flexibility index (Phi) is 5.00. The highest BCUT2D eigenvalue weighted by Crippen LogP contribution is 2.35. The van der Waals surface area contributed by atoms with Gasteiger partial charge in [-0.25, -0.2) is 8.42 Å². The number of fused-ring (bicyclic) bond motifs is 2. The van der Waals surface area contributed by atoms with Gasteiger partial charge in [0.25, 0.3) is 5.91 Å². The van der Waals surface area contributed by atoms with Crippen molar-refractivity contribution >= 4 is 33.0 Å². The fourth-order valence-corrected chi connectivity index (χ4v) is 7.50. The number of carbonyl (C=O) groups excluding carboxylic acids is 1. The first-order valence-corrected chi connectivity index (χ1v) is 12.9. The van der Waals surface area contributed by atoms with Crippen molar-refractivity contribution in [3.63, 3.8) is 0 Å². The first-order chi connectivity index (χ1) is 14.0. The van der Waals surface area contributed by atoms with E-state index < -0.39 is 10.0 Å². The van der Waals surface area contributed by atoms with Crippen molar-refractivity contribution < 1.29 is 13.2 Å². The first-order valence-electron chi connectivity index (χ1n) is 10.6. The summed E-state index contributed by atoms with van der Waals surface area (Å²) >= 11 is 1.64. The van der Waals surface area contributed by atoms with Crippen LogP contribution in [-0.4, -0.2) is 38.3 Å². The zero-order chi connectivity index (χ0) is 20.0. The van der Waals surface area contributed by atoms with E-state index in [0.29, 0.717) is 31.0 Å². The summed E-state index contributed by atoms with van der Waals surface area (Å²) in [5.41, 5.74) is 3.16. The molecule has 3 aliphatic rings. The summed E-state index contributed by atoms with van der Waals surface area (Å²) in [7, 11) is -3.44. The number of carbonyl (C=O) groups is 1. The lowest BCUT2D eigenvalue weighted by Gasteiger charge is -2.26. The minimum Gasteiger partial charge on any atom is -0.307 e. The van der Waals surface area contributed by atoms with Crippen molar-refractivity contribution in [3.05, 3.63) is 45.1 Å². The van der Waals surface area contributed by atoms with Crippen molar-refractivity contribution in [1.82, 2.24) is 4.31 Å². The Labute approximate surface area is 176 Å². The van der Waals surface area contributed by atoms with Crippen LogP contribution in [0.15, 0.2) is 29.2 Å². The van der Waals surface area contributed by atoms with Crippen LogP contribution in [0.4, 0.5) is 5.69 Å². The molecule has 1 fully saturated rings. The first kappa shape index (κ1) is 19.3. The van der Waals surface area contributed by atoms with Gasteiger partial charge in [-0.15, -0.1) is 11.3 Å². The minimum absolute atomic E-state index is 0.0507. The monoisotopic (exact) mass is 430 g/mol. The summed E-state index contributed by atoms with van der Waals surface area (Å²) in [5, 5.41) is 0. The summed E-state index contributed by atoms with van der Waals surface area (Å²) in [6.45, 7) is 1.82. The number of aryl methyl sites for hydroxylation is 2. The van der Waals surface area contributed by atoms with E-state index in [9.17, 15) is 13.2 Å². The minimum atomic E-state index is -3.44. The fourth-order valence-electron chi connectivity index (χ4n) is 4.73. The average Bonchev–Trinajstić information content (AvgIpc) is 3.37. The van der Waals surface area contributed by atoms with Gasteiger partial charge >= 0.3 is 0 Å². The normalized spacial score (nSPS) is 19.8. The number of nitrogens with zero attached hydrogens (tertiary/aromatic N) is 2. The maximum atomic E-state index is 13.2. The summed E-state index contributed by atoms with van der Waals surface area (Å²) in [4.78, 5) is 17.5. The standard InChI is InChI=1S/C22H26N2O3S2/c25-22(21-15-17-6-2-3-7-20(17)28-21)24-13-10-16-14-18(8-9-19(16)24)29(26,27)23-11-4-1-5-12-23/h8-9,14-15H,1-7,10-13H2. The topological polar surface area (TPSA) is 57.7 Å². The molecule has 1 aromatic heterocycles. The molecule has 2 aromatic rings. The van der Waals surface area contributed by atoms with Crippen LogP contribution >= 0.6 is 11.3 Å². The third kappa shape index (κ3) is 3.43. The molecule has 7 heteroatoms. The molecule has 3 heterocycles. The van der Waals surface area contributed by atoms with Crippen LogP contribution in [0, 0.1) is 0 Å². The molecule has 2 aliphatic heterocycles. The van der Waals surface area contributed by atoms with Crippen LogP contribution in [0.5, 0.6) is 0 Å². The predicted octanol–water partition coefficient (Wildman–Crippen LogP) is 4.00. The van der Waals surface area contributed by atoms with E-state index in [0.717, 1.165) is 48.2 Å². The van der Waals surface area contributed by atoms with E-state index in [4.69, 9.17) is 0 Å². The molecule has 29 heavy (non-hydrogen) atoms. The Balaban J connectivity index is 1.40. The van der Waals surface area contributed by atoms with E-state index in [1.807, 2.05) is 11.0 Å². The molecule has 0 N–H and O–H groups in total. The molecule has 1 amide bonds. The number of hydrogen-bond donors (Lipinski definition) is 0. The number of hydrogen-bond acceptors (Lipinski definition) is 4. The average molecular weight is 431 g/mol. The van der Waals surface area contributed by atoms with Gasteiger partial charge in [0.15, 0.2) is 0 Å². The Morgan fingerprint density at radius 2 is 1.66 bits per heavy atom. The number of amides is 1. The second-order valence-corrected chi connectivity index (χ2v) is 11.3.